The number of aryl methyl sites for hydroxylation is 1. The van der Waals surface area contributed by atoms with Crippen molar-refractivity contribution in [2.24, 2.45) is 0 Å². The zero-order chi connectivity index (χ0) is 20.0. The Balaban J connectivity index is 1.67. The maximum absolute atomic E-state index is 12.3. The molecule has 0 fully saturated rings. The van der Waals surface area contributed by atoms with Crippen LogP contribution in [0, 0.1) is 6.92 Å². The maximum atomic E-state index is 12.3. The van der Waals surface area contributed by atoms with Crippen molar-refractivity contribution in [3.05, 3.63) is 72.1 Å². The molecule has 1 heterocycles. The first-order valence-corrected chi connectivity index (χ1v) is 10.6. The van der Waals surface area contributed by atoms with Gasteiger partial charge in [0.1, 0.15) is 17.5 Å². The van der Waals surface area contributed by atoms with Crippen LogP contribution < -0.4 is 15.4 Å². The summed E-state index contributed by atoms with van der Waals surface area (Å²) < 4.78 is 27.3. The molecule has 0 aliphatic heterocycles. The van der Waals surface area contributed by atoms with E-state index in [0.29, 0.717) is 17.3 Å². The summed E-state index contributed by atoms with van der Waals surface area (Å²) in [6, 6.07) is 17.9. The SMILES string of the molecule is CCNc1cc(Nc2ccc(NS(=O)(=O)Cc3ccccc3)cc2)nc(C)n1. The standard InChI is InChI=1S/C20H23N5O2S/c1-3-21-19-13-20(23-15(2)22-19)24-17-9-11-18(12-10-17)25-28(26,27)14-16-7-5-4-6-8-16/h4-13,25H,3,14H2,1-2H3,(H2,21,22,23,24). The van der Waals surface area contributed by atoms with Crippen LogP contribution in [0.5, 0.6) is 0 Å². The highest BCUT2D eigenvalue weighted by molar-refractivity contribution is 7.91. The zero-order valence-electron chi connectivity index (χ0n) is 15.8. The van der Waals surface area contributed by atoms with Gasteiger partial charge >= 0.3 is 0 Å². The minimum absolute atomic E-state index is 0.0682. The molecule has 146 valence electrons. The molecule has 8 heteroatoms. The zero-order valence-corrected chi connectivity index (χ0v) is 16.6. The first kappa shape index (κ1) is 19.6. The maximum Gasteiger partial charge on any atom is 0.236 e. The van der Waals surface area contributed by atoms with Gasteiger partial charge in [0.15, 0.2) is 0 Å². The number of anilines is 4. The van der Waals surface area contributed by atoms with Gasteiger partial charge in [-0.15, -0.1) is 0 Å². The van der Waals surface area contributed by atoms with Gasteiger partial charge in [-0.25, -0.2) is 18.4 Å². The molecule has 0 atom stereocenters. The van der Waals surface area contributed by atoms with Crippen LogP contribution in [0.4, 0.5) is 23.0 Å². The van der Waals surface area contributed by atoms with E-state index < -0.39 is 10.0 Å². The lowest BCUT2D eigenvalue weighted by Gasteiger charge is -2.11. The second-order valence-corrected chi connectivity index (χ2v) is 7.99. The van der Waals surface area contributed by atoms with Crippen molar-refractivity contribution in [2.45, 2.75) is 19.6 Å². The molecule has 1 aromatic heterocycles. The Morgan fingerprint density at radius 2 is 1.54 bits per heavy atom. The van der Waals surface area contributed by atoms with Crippen molar-refractivity contribution in [3.63, 3.8) is 0 Å². The molecule has 3 N–H and O–H groups in total. The summed E-state index contributed by atoms with van der Waals surface area (Å²) >= 11 is 0. The molecule has 0 amide bonds. The van der Waals surface area contributed by atoms with E-state index in [0.717, 1.165) is 23.6 Å². The average molecular weight is 398 g/mol. The van der Waals surface area contributed by atoms with E-state index in [4.69, 9.17) is 0 Å². The molecule has 0 spiro atoms. The molecule has 0 saturated heterocycles. The van der Waals surface area contributed by atoms with Gasteiger partial charge in [0.25, 0.3) is 0 Å². The van der Waals surface area contributed by atoms with Gasteiger partial charge in [0.05, 0.1) is 5.75 Å². The Hall–Kier alpha value is -3.13. The molecule has 0 aliphatic rings. The summed E-state index contributed by atoms with van der Waals surface area (Å²) in [6.07, 6.45) is 0. The van der Waals surface area contributed by atoms with E-state index in [1.807, 2.05) is 38.1 Å². The number of nitrogens with zero attached hydrogens (tertiary/aromatic N) is 2. The molecule has 0 bridgehead atoms. The third-order valence-corrected chi connectivity index (χ3v) is 5.09. The predicted octanol–water partition coefficient (Wildman–Crippen LogP) is 3.90. The molecule has 0 saturated carbocycles. The Kier molecular flexibility index (Phi) is 6.10. The Morgan fingerprint density at radius 3 is 2.21 bits per heavy atom. The van der Waals surface area contributed by atoms with E-state index in [1.165, 1.54) is 0 Å². The van der Waals surface area contributed by atoms with Crippen molar-refractivity contribution >= 4 is 33.0 Å². The predicted molar refractivity (Wildman–Crippen MR) is 113 cm³/mol. The van der Waals surface area contributed by atoms with Crippen molar-refractivity contribution < 1.29 is 8.42 Å². The summed E-state index contributed by atoms with van der Waals surface area (Å²) in [5.74, 6) is 2.01. The number of aromatic nitrogens is 2. The van der Waals surface area contributed by atoms with Crippen molar-refractivity contribution in [1.82, 2.24) is 9.97 Å². The van der Waals surface area contributed by atoms with Crippen LogP contribution in [-0.4, -0.2) is 24.9 Å². The summed E-state index contributed by atoms with van der Waals surface area (Å²) in [7, 11) is -3.48. The van der Waals surface area contributed by atoms with Gasteiger partial charge in [-0.3, -0.25) is 4.72 Å². The second-order valence-electron chi connectivity index (χ2n) is 6.27. The van der Waals surface area contributed by atoms with Gasteiger partial charge < -0.3 is 10.6 Å². The van der Waals surface area contributed by atoms with Crippen LogP contribution in [0.1, 0.15) is 18.3 Å². The van der Waals surface area contributed by atoms with Crippen molar-refractivity contribution in [2.75, 3.05) is 21.9 Å². The van der Waals surface area contributed by atoms with Crippen molar-refractivity contribution in [1.29, 1.82) is 0 Å². The van der Waals surface area contributed by atoms with E-state index in [-0.39, 0.29) is 5.75 Å². The number of benzene rings is 2. The van der Waals surface area contributed by atoms with Crippen LogP contribution in [0.3, 0.4) is 0 Å². The number of sulfonamides is 1. The number of hydrogen-bond acceptors (Lipinski definition) is 6. The van der Waals surface area contributed by atoms with Gasteiger partial charge in [-0.05, 0) is 43.7 Å². The third kappa shape index (κ3) is 5.68. The molecule has 0 unspecified atom stereocenters. The first-order chi connectivity index (χ1) is 13.4. The molecule has 28 heavy (non-hydrogen) atoms. The molecular weight excluding hydrogens is 374 g/mol. The minimum atomic E-state index is -3.48. The van der Waals surface area contributed by atoms with Crippen LogP contribution in [0.15, 0.2) is 60.7 Å². The second kappa shape index (κ2) is 8.71. The summed E-state index contributed by atoms with van der Waals surface area (Å²) in [6.45, 7) is 4.60. The van der Waals surface area contributed by atoms with Crippen LogP contribution >= 0.6 is 0 Å². The Labute approximate surface area is 165 Å². The van der Waals surface area contributed by atoms with Crippen LogP contribution in [0.2, 0.25) is 0 Å². The Morgan fingerprint density at radius 1 is 0.893 bits per heavy atom. The fraction of sp³-hybridized carbons (Fsp3) is 0.200. The van der Waals surface area contributed by atoms with Gasteiger partial charge in [-0.2, -0.15) is 0 Å². The molecule has 7 nitrogen and oxygen atoms in total. The van der Waals surface area contributed by atoms with E-state index in [1.54, 1.807) is 36.4 Å². The highest BCUT2D eigenvalue weighted by atomic mass is 32.2. The first-order valence-electron chi connectivity index (χ1n) is 8.94. The lowest BCUT2D eigenvalue weighted by Crippen LogP contribution is -2.15. The smallest absolute Gasteiger partial charge is 0.236 e. The van der Waals surface area contributed by atoms with Crippen LogP contribution in [0.25, 0.3) is 0 Å². The largest absolute Gasteiger partial charge is 0.370 e. The summed E-state index contributed by atoms with van der Waals surface area (Å²) in [5.41, 5.74) is 2.05. The fourth-order valence-electron chi connectivity index (χ4n) is 2.68. The lowest BCUT2D eigenvalue weighted by atomic mass is 10.2. The minimum Gasteiger partial charge on any atom is -0.370 e. The van der Waals surface area contributed by atoms with Gasteiger partial charge in [0.2, 0.25) is 10.0 Å². The molecule has 3 rings (SSSR count). The van der Waals surface area contributed by atoms with Gasteiger partial charge in [-0.1, -0.05) is 30.3 Å². The third-order valence-electron chi connectivity index (χ3n) is 3.83. The summed E-state index contributed by atoms with van der Waals surface area (Å²) in [4.78, 5) is 8.68. The van der Waals surface area contributed by atoms with Crippen LogP contribution in [-0.2, 0) is 15.8 Å². The van der Waals surface area contributed by atoms with E-state index in [9.17, 15) is 8.42 Å². The number of rotatable bonds is 8. The number of hydrogen-bond donors (Lipinski definition) is 3. The fourth-order valence-corrected chi connectivity index (χ4v) is 3.88. The molecule has 0 aliphatic carbocycles. The quantitative estimate of drug-likeness (QED) is 0.533. The molecule has 2 aromatic carbocycles. The number of nitrogens with one attached hydrogen (secondary N) is 3. The Bertz CT molecular complexity index is 1020. The van der Waals surface area contributed by atoms with Gasteiger partial charge in [0, 0.05) is 24.0 Å². The monoisotopic (exact) mass is 397 g/mol. The average Bonchev–Trinajstić information content (AvgIpc) is 2.63. The highest BCUT2D eigenvalue weighted by Crippen LogP contribution is 2.20. The highest BCUT2D eigenvalue weighted by Gasteiger charge is 2.11. The van der Waals surface area contributed by atoms with E-state index >= 15 is 0 Å². The normalized spacial score (nSPS) is 11.1. The topological polar surface area (TPSA) is 96.0 Å². The molecular formula is C20H23N5O2S. The summed E-state index contributed by atoms with van der Waals surface area (Å²) in [5, 5.41) is 6.37. The lowest BCUT2D eigenvalue weighted by molar-refractivity contribution is 0.600. The molecule has 3 aromatic rings. The molecule has 0 radical (unpaired) electrons. The van der Waals surface area contributed by atoms with E-state index in [2.05, 4.69) is 25.3 Å². The van der Waals surface area contributed by atoms with Crippen molar-refractivity contribution in [3.8, 4) is 0 Å².